The lowest BCUT2D eigenvalue weighted by Crippen LogP contribution is -2.54. The summed E-state index contributed by atoms with van der Waals surface area (Å²) in [6.45, 7) is 2.99. The molecule has 1 aromatic rings. The molecule has 2 rings (SSSR count). The second-order valence-electron chi connectivity index (χ2n) is 5.15. The summed E-state index contributed by atoms with van der Waals surface area (Å²) < 4.78 is 26.2. The summed E-state index contributed by atoms with van der Waals surface area (Å²) in [6.07, 6.45) is 0. The number of aromatic carboxylic acids is 1. The van der Waals surface area contributed by atoms with E-state index in [2.05, 4.69) is 5.32 Å². The number of benzene rings is 1. The van der Waals surface area contributed by atoms with Gasteiger partial charge in [-0.3, -0.25) is 4.79 Å². The zero-order chi connectivity index (χ0) is 16.7. The lowest BCUT2D eigenvalue weighted by atomic mass is 10.1. The summed E-state index contributed by atoms with van der Waals surface area (Å²) in [4.78, 5) is 22.5. The van der Waals surface area contributed by atoms with E-state index in [0.717, 1.165) is 10.4 Å². The van der Waals surface area contributed by atoms with E-state index < -0.39 is 21.9 Å². The van der Waals surface area contributed by atoms with Crippen molar-refractivity contribution in [1.29, 1.82) is 0 Å². The minimum atomic E-state index is -4.00. The van der Waals surface area contributed by atoms with Gasteiger partial charge in [0.1, 0.15) is 0 Å². The molecule has 1 unspecified atom stereocenters. The number of nitrogens with one attached hydrogen (secondary N) is 1. The van der Waals surface area contributed by atoms with Gasteiger partial charge in [0.2, 0.25) is 15.9 Å². The Morgan fingerprint density at radius 3 is 2.64 bits per heavy atom. The molecule has 0 bridgehead atoms. The number of carbonyl (C=O) groups is 2. The number of nitrogens with zero attached hydrogens (tertiary/aromatic N) is 1. The van der Waals surface area contributed by atoms with Gasteiger partial charge < -0.3 is 10.4 Å². The highest BCUT2D eigenvalue weighted by Gasteiger charge is 2.33. The molecule has 0 aliphatic carbocycles. The fourth-order valence-electron chi connectivity index (χ4n) is 2.25. The van der Waals surface area contributed by atoms with Crippen molar-refractivity contribution in [3.63, 3.8) is 0 Å². The first-order valence-corrected chi connectivity index (χ1v) is 8.27. The van der Waals surface area contributed by atoms with E-state index in [4.69, 9.17) is 16.7 Å². The van der Waals surface area contributed by atoms with Crippen LogP contribution in [-0.2, 0) is 14.8 Å². The molecular weight excluding hydrogens is 332 g/mol. The van der Waals surface area contributed by atoms with E-state index in [1.807, 2.05) is 0 Å². The van der Waals surface area contributed by atoms with Gasteiger partial charge in [-0.15, -0.1) is 0 Å². The van der Waals surface area contributed by atoms with Crippen LogP contribution in [0.5, 0.6) is 0 Å². The predicted molar refractivity (Wildman–Crippen MR) is 79.5 cm³/mol. The van der Waals surface area contributed by atoms with Gasteiger partial charge in [-0.25, -0.2) is 13.2 Å². The molecule has 1 saturated heterocycles. The van der Waals surface area contributed by atoms with Crippen molar-refractivity contribution in [3.8, 4) is 0 Å². The van der Waals surface area contributed by atoms with Gasteiger partial charge in [0, 0.05) is 17.6 Å². The Morgan fingerprint density at radius 1 is 1.45 bits per heavy atom. The molecule has 1 aromatic carbocycles. The van der Waals surface area contributed by atoms with Crippen LogP contribution in [0, 0.1) is 6.92 Å². The van der Waals surface area contributed by atoms with Gasteiger partial charge in [0.05, 0.1) is 17.0 Å². The van der Waals surface area contributed by atoms with E-state index in [0.29, 0.717) is 0 Å². The highest BCUT2D eigenvalue weighted by Crippen LogP contribution is 2.27. The molecule has 120 valence electrons. The Balaban J connectivity index is 2.50. The quantitative estimate of drug-likeness (QED) is 0.844. The smallest absolute Gasteiger partial charge is 0.336 e. The lowest BCUT2D eigenvalue weighted by molar-refractivity contribution is -0.123. The minimum absolute atomic E-state index is 0.0491. The second-order valence-corrected chi connectivity index (χ2v) is 7.49. The molecular formula is C13H15ClN2O5S. The van der Waals surface area contributed by atoms with Gasteiger partial charge in [-0.1, -0.05) is 11.6 Å². The summed E-state index contributed by atoms with van der Waals surface area (Å²) in [7, 11) is -4.00. The molecule has 22 heavy (non-hydrogen) atoms. The number of halogens is 1. The standard InChI is InChI=1S/C13H15ClN2O5S/c1-7-5-16(6-12(17)15-7)22(20,21)9-3-10(13(18)19)8(2)11(14)4-9/h3-4,7H,5-6H2,1-2H3,(H,15,17)(H,18,19). The van der Waals surface area contributed by atoms with Crippen molar-refractivity contribution in [2.45, 2.75) is 24.8 Å². The molecule has 0 saturated carbocycles. The first kappa shape index (κ1) is 16.7. The van der Waals surface area contributed by atoms with E-state index in [1.165, 1.54) is 13.0 Å². The van der Waals surface area contributed by atoms with E-state index in [9.17, 15) is 18.0 Å². The maximum absolute atomic E-state index is 12.6. The number of carbonyl (C=O) groups excluding carboxylic acids is 1. The summed E-state index contributed by atoms with van der Waals surface area (Å²) in [5.74, 6) is -1.67. The minimum Gasteiger partial charge on any atom is -0.478 e. The Labute approximate surface area is 132 Å². The van der Waals surface area contributed by atoms with Crippen LogP contribution in [0.3, 0.4) is 0 Å². The van der Waals surface area contributed by atoms with Gasteiger partial charge in [-0.2, -0.15) is 4.31 Å². The number of carboxylic acid groups (broad SMARTS) is 1. The summed E-state index contributed by atoms with van der Waals surface area (Å²) >= 11 is 5.94. The number of carboxylic acids is 1. The number of sulfonamides is 1. The molecule has 7 nitrogen and oxygen atoms in total. The van der Waals surface area contributed by atoms with Crippen molar-refractivity contribution >= 4 is 33.5 Å². The monoisotopic (exact) mass is 346 g/mol. The Morgan fingerprint density at radius 2 is 2.09 bits per heavy atom. The second kappa shape index (κ2) is 5.86. The van der Waals surface area contributed by atoms with Crippen LogP contribution < -0.4 is 5.32 Å². The van der Waals surface area contributed by atoms with E-state index in [-0.39, 0.29) is 40.2 Å². The molecule has 1 fully saturated rings. The third-order valence-electron chi connectivity index (χ3n) is 3.39. The zero-order valence-electron chi connectivity index (χ0n) is 12.0. The van der Waals surface area contributed by atoms with Crippen LogP contribution in [-0.4, -0.2) is 48.8 Å². The fourth-order valence-corrected chi connectivity index (χ4v) is 4.08. The predicted octanol–water partition coefficient (Wildman–Crippen LogP) is 0.856. The molecule has 9 heteroatoms. The van der Waals surface area contributed by atoms with Gasteiger partial charge in [0.25, 0.3) is 0 Å². The number of rotatable bonds is 3. The molecule has 2 N–H and O–H groups in total. The highest BCUT2D eigenvalue weighted by molar-refractivity contribution is 7.89. The maximum Gasteiger partial charge on any atom is 0.336 e. The van der Waals surface area contributed by atoms with Crippen molar-refractivity contribution in [2.75, 3.05) is 13.1 Å². The summed E-state index contributed by atoms with van der Waals surface area (Å²) in [5.41, 5.74) is 0.110. The normalized spacial score (nSPS) is 19.8. The fraction of sp³-hybridized carbons (Fsp3) is 0.385. The summed E-state index contributed by atoms with van der Waals surface area (Å²) in [5, 5.41) is 11.8. The molecule has 0 aromatic heterocycles. The number of hydrogen-bond acceptors (Lipinski definition) is 4. The van der Waals surface area contributed by atoms with Crippen LogP contribution >= 0.6 is 11.6 Å². The van der Waals surface area contributed by atoms with Crippen LogP contribution in [0.4, 0.5) is 0 Å². The van der Waals surface area contributed by atoms with Crippen LogP contribution in [0.1, 0.15) is 22.8 Å². The third-order valence-corrected chi connectivity index (χ3v) is 5.57. The first-order valence-electron chi connectivity index (χ1n) is 6.46. The van der Waals surface area contributed by atoms with Gasteiger partial charge in [0.15, 0.2) is 0 Å². The Bertz CT molecular complexity index is 747. The van der Waals surface area contributed by atoms with Crippen molar-refractivity contribution in [3.05, 3.63) is 28.3 Å². The van der Waals surface area contributed by atoms with Crippen molar-refractivity contribution in [2.24, 2.45) is 0 Å². The summed E-state index contributed by atoms with van der Waals surface area (Å²) in [6, 6.07) is 1.95. The molecule has 0 radical (unpaired) electrons. The van der Waals surface area contributed by atoms with Crippen molar-refractivity contribution < 1.29 is 23.1 Å². The van der Waals surface area contributed by atoms with Crippen LogP contribution in [0.15, 0.2) is 17.0 Å². The topological polar surface area (TPSA) is 104 Å². The lowest BCUT2D eigenvalue weighted by Gasteiger charge is -2.30. The van der Waals surface area contributed by atoms with Gasteiger partial charge in [-0.05, 0) is 31.5 Å². The number of piperazine rings is 1. The number of amides is 1. The highest BCUT2D eigenvalue weighted by atomic mass is 35.5. The van der Waals surface area contributed by atoms with E-state index in [1.54, 1.807) is 6.92 Å². The molecule has 1 heterocycles. The van der Waals surface area contributed by atoms with Crippen LogP contribution in [0.2, 0.25) is 5.02 Å². The average Bonchev–Trinajstić information content (AvgIpc) is 2.40. The SMILES string of the molecule is Cc1c(Cl)cc(S(=O)(=O)N2CC(=O)NC(C)C2)cc1C(=O)O. The molecule has 1 atom stereocenters. The molecule has 1 amide bonds. The third kappa shape index (κ3) is 3.08. The Hall–Kier alpha value is -1.64. The zero-order valence-corrected chi connectivity index (χ0v) is 13.5. The van der Waals surface area contributed by atoms with Crippen LogP contribution in [0.25, 0.3) is 0 Å². The molecule has 1 aliphatic rings. The van der Waals surface area contributed by atoms with E-state index >= 15 is 0 Å². The molecule has 1 aliphatic heterocycles. The largest absolute Gasteiger partial charge is 0.478 e. The van der Waals surface area contributed by atoms with Gasteiger partial charge >= 0.3 is 5.97 Å². The molecule has 0 spiro atoms. The maximum atomic E-state index is 12.6. The first-order chi connectivity index (χ1) is 10.1. The van der Waals surface area contributed by atoms with Crippen molar-refractivity contribution in [1.82, 2.24) is 9.62 Å². The number of hydrogen-bond donors (Lipinski definition) is 2. The Kier molecular flexibility index (Phi) is 4.46. The average molecular weight is 347 g/mol.